The molecule has 10 heteroatoms. The molecular weight excluding hydrogens is 608 g/mol. The van der Waals surface area contributed by atoms with E-state index in [1.165, 1.54) is 12.4 Å². The Bertz CT molecular complexity index is 1820. The van der Waals surface area contributed by atoms with Crippen LogP contribution in [0.5, 0.6) is 11.8 Å². The van der Waals surface area contributed by atoms with Crippen molar-refractivity contribution in [2.24, 2.45) is 0 Å². The van der Waals surface area contributed by atoms with Crippen LogP contribution in [0.1, 0.15) is 61.1 Å². The van der Waals surface area contributed by atoms with Crippen LogP contribution in [0.15, 0.2) is 84.6 Å². The molecule has 0 amide bonds. The van der Waals surface area contributed by atoms with Crippen molar-refractivity contribution >= 4 is 34.5 Å². The second-order valence-corrected chi connectivity index (χ2v) is 12.9. The van der Waals surface area contributed by atoms with Gasteiger partial charge in [-0.2, -0.15) is 0 Å². The van der Waals surface area contributed by atoms with E-state index in [1.54, 1.807) is 12.1 Å². The zero-order valence-corrected chi connectivity index (χ0v) is 28.4. The summed E-state index contributed by atoms with van der Waals surface area (Å²) in [5.41, 5.74) is 18.3. The molecule has 2 aliphatic heterocycles. The van der Waals surface area contributed by atoms with Gasteiger partial charge in [-0.1, -0.05) is 59.7 Å². The summed E-state index contributed by atoms with van der Waals surface area (Å²) in [6.45, 7) is 15.1. The highest BCUT2D eigenvalue weighted by Gasteiger charge is 2.44. The van der Waals surface area contributed by atoms with Gasteiger partial charge in [-0.15, -0.1) is 0 Å². The third-order valence-electron chi connectivity index (χ3n) is 8.07. The second-order valence-electron chi connectivity index (χ2n) is 12.9. The molecule has 2 aromatic carbocycles. The smallest absolute Gasteiger partial charge is 0.375 e. The topological polar surface area (TPSA) is 149 Å². The molecule has 10 nitrogen and oxygen atoms in total. The predicted octanol–water partition coefficient (Wildman–Crippen LogP) is 6.81. The highest BCUT2D eigenvalue weighted by Crippen LogP contribution is 2.41. The quantitative estimate of drug-likeness (QED) is 0.214. The number of rotatable bonds is 6. The Morgan fingerprint density at radius 1 is 0.583 bits per heavy atom. The Morgan fingerprint density at radius 2 is 0.917 bits per heavy atom. The third kappa shape index (κ3) is 7.02. The van der Waals surface area contributed by atoms with Crippen LogP contribution in [0.2, 0.25) is 0 Å². The van der Waals surface area contributed by atoms with Gasteiger partial charge in [-0.25, -0.2) is 19.6 Å². The van der Waals surface area contributed by atoms with E-state index in [1.807, 2.05) is 104 Å². The maximum atomic E-state index is 12.3. The Morgan fingerprint density at radius 3 is 1.23 bits per heavy atom. The molecule has 4 N–H and O–H groups in total. The summed E-state index contributed by atoms with van der Waals surface area (Å²) in [6.07, 6.45) is 3.03. The maximum absolute atomic E-state index is 12.3. The highest BCUT2D eigenvalue weighted by molar-refractivity contribution is 6.03. The summed E-state index contributed by atoms with van der Waals surface area (Å²) in [4.78, 5) is 33.0. The van der Waals surface area contributed by atoms with Gasteiger partial charge in [0.25, 0.3) is 0 Å². The number of nitrogens with zero attached hydrogens (tertiary/aromatic N) is 2. The standard InChI is InChI=1S/2C19H20N2O3/c2*1-11-5-7-13(8-6-11)16-17(18(22)24-19(16,3)4)23-15-9-12(2)14(20)10-21-15/h2*5-10H,20H2,1-4H3. The number of cyclic esters (lactones) is 2. The summed E-state index contributed by atoms with van der Waals surface area (Å²) >= 11 is 0. The van der Waals surface area contributed by atoms with Crippen molar-refractivity contribution in [3.05, 3.63) is 118 Å². The lowest BCUT2D eigenvalue weighted by Crippen LogP contribution is -2.22. The number of anilines is 2. The summed E-state index contributed by atoms with van der Waals surface area (Å²) in [5.74, 6) is -0.0216. The second kappa shape index (κ2) is 12.9. The average molecular weight is 649 g/mol. The minimum Gasteiger partial charge on any atom is -0.449 e. The van der Waals surface area contributed by atoms with Crippen LogP contribution in [-0.4, -0.2) is 33.1 Å². The fraction of sp³-hybridized carbons (Fsp3) is 0.263. The lowest BCUT2D eigenvalue weighted by molar-refractivity contribution is -0.146. The molecule has 4 aromatic rings. The van der Waals surface area contributed by atoms with E-state index in [-0.39, 0.29) is 11.5 Å². The molecule has 0 spiro atoms. The first-order valence-corrected chi connectivity index (χ1v) is 15.5. The number of esters is 2. The number of carbonyl (C=O) groups is 2. The van der Waals surface area contributed by atoms with Crippen LogP contribution in [0.3, 0.4) is 0 Å². The van der Waals surface area contributed by atoms with E-state index in [0.29, 0.717) is 34.3 Å². The van der Waals surface area contributed by atoms with Gasteiger partial charge in [0, 0.05) is 12.1 Å². The summed E-state index contributed by atoms with van der Waals surface area (Å²) < 4.78 is 22.6. The number of ether oxygens (including phenoxy) is 4. The molecule has 6 rings (SSSR count). The third-order valence-corrected chi connectivity index (χ3v) is 8.07. The van der Waals surface area contributed by atoms with Gasteiger partial charge in [0.1, 0.15) is 11.2 Å². The van der Waals surface area contributed by atoms with Crippen LogP contribution in [-0.2, 0) is 19.1 Å². The molecule has 0 bridgehead atoms. The largest absolute Gasteiger partial charge is 0.449 e. The van der Waals surface area contributed by atoms with Crippen LogP contribution in [0.4, 0.5) is 11.4 Å². The molecule has 4 heterocycles. The maximum Gasteiger partial charge on any atom is 0.375 e. The first-order chi connectivity index (χ1) is 22.6. The molecule has 0 saturated heterocycles. The number of hydrogen-bond acceptors (Lipinski definition) is 10. The lowest BCUT2D eigenvalue weighted by atomic mass is 9.91. The minimum atomic E-state index is -0.773. The van der Waals surface area contributed by atoms with Crippen molar-refractivity contribution in [1.29, 1.82) is 0 Å². The SMILES string of the molecule is Cc1ccc(C2=C(Oc3cc(C)c(N)cn3)C(=O)OC2(C)C)cc1.Cc1ccc(C2=C(Oc3cc(C)c(N)cn3)C(=O)OC2(C)C)cc1. The van der Waals surface area contributed by atoms with Gasteiger partial charge in [-0.05, 0) is 77.6 Å². The van der Waals surface area contributed by atoms with Crippen molar-refractivity contribution < 1.29 is 28.5 Å². The summed E-state index contributed by atoms with van der Waals surface area (Å²) in [6, 6.07) is 19.2. The molecule has 0 radical (unpaired) electrons. The molecule has 248 valence electrons. The first kappa shape index (κ1) is 33.7. The molecular formula is C38H40N4O6. The van der Waals surface area contributed by atoms with Crippen molar-refractivity contribution in [3.8, 4) is 11.8 Å². The van der Waals surface area contributed by atoms with Crippen molar-refractivity contribution in [1.82, 2.24) is 9.97 Å². The van der Waals surface area contributed by atoms with Crippen LogP contribution < -0.4 is 20.9 Å². The number of nitrogen functional groups attached to an aromatic ring is 2. The minimum absolute atomic E-state index is 0.167. The number of nitrogens with two attached hydrogens (primary N) is 2. The lowest BCUT2D eigenvalue weighted by Gasteiger charge is -2.21. The Hall–Kier alpha value is -5.64. The van der Waals surface area contributed by atoms with Crippen LogP contribution in [0.25, 0.3) is 11.1 Å². The van der Waals surface area contributed by atoms with Gasteiger partial charge in [0.15, 0.2) is 0 Å². The Balaban J connectivity index is 0.000000188. The first-order valence-electron chi connectivity index (χ1n) is 15.5. The fourth-order valence-corrected chi connectivity index (χ4v) is 5.39. The molecule has 0 unspecified atom stereocenters. The van der Waals surface area contributed by atoms with Gasteiger partial charge < -0.3 is 30.4 Å². The van der Waals surface area contributed by atoms with Gasteiger partial charge in [-0.3, -0.25) is 0 Å². The number of benzene rings is 2. The number of aromatic nitrogens is 2. The highest BCUT2D eigenvalue weighted by atomic mass is 16.6. The monoisotopic (exact) mass is 648 g/mol. The zero-order chi connectivity index (χ0) is 35.0. The molecule has 2 aliphatic rings. The van der Waals surface area contributed by atoms with E-state index in [0.717, 1.165) is 33.4 Å². The molecule has 48 heavy (non-hydrogen) atoms. The van der Waals surface area contributed by atoms with Gasteiger partial charge in [0.05, 0.1) is 34.9 Å². The van der Waals surface area contributed by atoms with Crippen molar-refractivity contribution in [2.75, 3.05) is 11.5 Å². The molecule has 2 aromatic heterocycles. The fourth-order valence-electron chi connectivity index (χ4n) is 5.39. The number of carbonyl (C=O) groups excluding carboxylic acids is 2. The predicted molar refractivity (Wildman–Crippen MR) is 185 cm³/mol. The van der Waals surface area contributed by atoms with Crippen molar-refractivity contribution in [2.45, 2.75) is 66.6 Å². The number of pyridine rings is 2. The van der Waals surface area contributed by atoms with Gasteiger partial charge >= 0.3 is 11.9 Å². The summed E-state index contributed by atoms with van der Waals surface area (Å²) in [7, 11) is 0. The molecule has 0 atom stereocenters. The van der Waals surface area contributed by atoms with E-state index in [9.17, 15) is 9.59 Å². The average Bonchev–Trinajstić information content (AvgIpc) is 3.38. The summed E-state index contributed by atoms with van der Waals surface area (Å²) in [5, 5.41) is 0. The number of hydrogen-bond donors (Lipinski definition) is 2. The number of aryl methyl sites for hydroxylation is 4. The zero-order valence-electron chi connectivity index (χ0n) is 28.4. The van der Waals surface area contributed by atoms with E-state index < -0.39 is 23.1 Å². The normalized spacial score (nSPS) is 16.2. The molecule has 0 aliphatic carbocycles. The van der Waals surface area contributed by atoms with Gasteiger partial charge in [0.2, 0.25) is 23.3 Å². The van der Waals surface area contributed by atoms with E-state index >= 15 is 0 Å². The van der Waals surface area contributed by atoms with Crippen LogP contribution >= 0.6 is 0 Å². The van der Waals surface area contributed by atoms with Crippen molar-refractivity contribution in [3.63, 3.8) is 0 Å². The molecule has 0 saturated carbocycles. The van der Waals surface area contributed by atoms with Crippen LogP contribution in [0, 0.1) is 27.7 Å². The Kier molecular flexibility index (Phi) is 9.04. The van der Waals surface area contributed by atoms with E-state index in [2.05, 4.69) is 9.97 Å². The Labute approximate surface area is 280 Å². The molecule has 0 fully saturated rings. The van der Waals surface area contributed by atoms with E-state index in [4.69, 9.17) is 30.4 Å².